The topological polar surface area (TPSA) is 55.2 Å². The van der Waals surface area contributed by atoms with Gasteiger partial charge in [-0.25, -0.2) is 13.2 Å². The minimum absolute atomic E-state index is 0.0396. The van der Waals surface area contributed by atoms with Gasteiger partial charge in [-0.15, -0.1) is 0 Å². The van der Waals surface area contributed by atoms with Crippen LogP contribution in [0.5, 0.6) is 0 Å². The first-order valence-corrected chi connectivity index (χ1v) is 6.49. The highest BCUT2D eigenvalue weighted by atomic mass is 79.9. The van der Waals surface area contributed by atoms with Gasteiger partial charge in [0.05, 0.1) is 10.6 Å². The summed E-state index contributed by atoms with van der Waals surface area (Å²) in [5.41, 5.74) is -0.0561. The Labute approximate surface area is 125 Å². The average molecular weight is 361 g/mol. The first-order valence-electron chi connectivity index (χ1n) is 5.70. The van der Waals surface area contributed by atoms with E-state index in [0.29, 0.717) is 11.6 Å². The fourth-order valence-electron chi connectivity index (χ4n) is 1.72. The second-order valence-corrected chi connectivity index (χ2v) is 4.90. The highest BCUT2D eigenvalue weighted by molar-refractivity contribution is 9.10. The monoisotopic (exact) mass is 360 g/mol. The lowest BCUT2D eigenvalue weighted by molar-refractivity contribution is -0.385. The fraction of sp³-hybridized carbons (Fsp3) is 0.0769. The summed E-state index contributed by atoms with van der Waals surface area (Å²) in [5.74, 6) is -3.44. The van der Waals surface area contributed by atoms with Crippen molar-refractivity contribution in [1.82, 2.24) is 0 Å². The average Bonchev–Trinajstić information content (AvgIpc) is 2.42. The molecule has 0 fully saturated rings. The number of nitrogens with zero attached hydrogens (tertiary/aromatic N) is 1. The van der Waals surface area contributed by atoms with Crippen LogP contribution in [-0.2, 0) is 6.54 Å². The molecule has 21 heavy (non-hydrogen) atoms. The van der Waals surface area contributed by atoms with E-state index < -0.39 is 22.4 Å². The van der Waals surface area contributed by atoms with Crippen molar-refractivity contribution in [2.24, 2.45) is 0 Å². The predicted octanol–water partition coefficient (Wildman–Crippen LogP) is 4.39. The van der Waals surface area contributed by atoms with E-state index in [2.05, 4.69) is 21.2 Å². The molecule has 8 heteroatoms. The van der Waals surface area contributed by atoms with Crippen LogP contribution < -0.4 is 5.32 Å². The molecule has 0 aliphatic rings. The molecule has 0 aliphatic heterocycles. The molecule has 0 amide bonds. The van der Waals surface area contributed by atoms with Gasteiger partial charge in [-0.2, -0.15) is 0 Å². The van der Waals surface area contributed by atoms with Crippen molar-refractivity contribution in [1.29, 1.82) is 0 Å². The predicted molar refractivity (Wildman–Crippen MR) is 74.4 cm³/mol. The Kier molecular flexibility index (Phi) is 4.46. The smallest absolute Gasteiger partial charge is 0.283 e. The number of rotatable bonds is 4. The normalized spacial score (nSPS) is 10.5. The van der Waals surface area contributed by atoms with Gasteiger partial charge in [-0.1, -0.05) is 12.1 Å². The van der Waals surface area contributed by atoms with E-state index >= 15 is 0 Å². The number of hydrogen-bond acceptors (Lipinski definition) is 3. The van der Waals surface area contributed by atoms with Gasteiger partial charge in [-0.05, 0) is 21.5 Å². The van der Waals surface area contributed by atoms with Crippen LogP contribution in [0.1, 0.15) is 5.56 Å². The standard InChI is InChI=1S/C13H8BrF3N2O2/c14-12-7(2-1-3-11(12)19(20)21)6-18-10-5-8(15)4-9(16)13(10)17/h1-5,18H,6H2. The second-order valence-electron chi connectivity index (χ2n) is 4.11. The molecule has 2 aromatic carbocycles. The Bertz CT molecular complexity index is 710. The fourth-order valence-corrected chi connectivity index (χ4v) is 2.27. The van der Waals surface area contributed by atoms with Gasteiger partial charge in [0.2, 0.25) is 0 Å². The Morgan fingerprint density at radius 2 is 1.95 bits per heavy atom. The number of halogens is 4. The van der Waals surface area contributed by atoms with E-state index in [0.717, 1.165) is 6.07 Å². The molecule has 0 spiro atoms. The molecule has 1 N–H and O–H groups in total. The molecule has 0 saturated carbocycles. The van der Waals surface area contributed by atoms with Gasteiger partial charge in [0.15, 0.2) is 11.6 Å². The van der Waals surface area contributed by atoms with Crippen molar-refractivity contribution in [2.75, 3.05) is 5.32 Å². The van der Waals surface area contributed by atoms with Crippen LogP contribution in [0.3, 0.4) is 0 Å². The second kappa shape index (κ2) is 6.13. The largest absolute Gasteiger partial charge is 0.378 e. The molecule has 0 aliphatic carbocycles. The van der Waals surface area contributed by atoms with Crippen molar-refractivity contribution in [3.05, 3.63) is 67.9 Å². The van der Waals surface area contributed by atoms with Gasteiger partial charge < -0.3 is 5.32 Å². The van der Waals surface area contributed by atoms with E-state index in [9.17, 15) is 23.3 Å². The van der Waals surface area contributed by atoms with E-state index in [1.807, 2.05) is 0 Å². The zero-order valence-corrected chi connectivity index (χ0v) is 12.0. The van der Waals surface area contributed by atoms with Crippen LogP contribution in [0, 0.1) is 27.6 Å². The molecule has 0 aromatic heterocycles. The first-order chi connectivity index (χ1) is 9.90. The molecular formula is C13H8BrF3N2O2. The summed E-state index contributed by atoms with van der Waals surface area (Å²) in [6, 6.07) is 5.57. The summed E-state index contributed by atoms with van der Waals surface area (Å²) in [5, 5.41) is 13.3. The highest BCUT2D eigenvalue weighted by Crippen LogP contribution is 2.29. The number of nitrogens with one attached hydrogen (secondary N) is 1. The Morgan fingerprint density at radius 1 is 1.24 bits per heavy atom. The number of benzene rings is 2. The van der Waals surface area contributed by atoms with Gasteiger partial charge in [0.1, 0.15) is 10.3 Å². The van der Waals surface area contributed by atoms with Gasteiger partial charge >= 0.3 is 0 Å². The van der Waals surface area contributed by atoms with Crippen LogP contribution in [0.2, 0.25) is 0 Å². The van der Waals surface area contributed by atoms with E-state index in [1.165, 1.54) is 12.1 Å². The first kappa shape index (κ1) is 15.3. The van der Waals surface area contributed by atoms with Crippen LogP contribution in [0.25, 0.3) is 0 Å². The maximum atomic E-state index is 13.5. The minimum Gasteiger partial charge on any atom is -0.378 e. The summed E-state index contributed by atoms with van der Waals surface area (Å²) < 4.78 is 39.8. The third kappa shape index (κ3) is 3.33. The Hall–Kier alpha value is -2.09. The third-order valence-corrected chi connectivity index (χ3v) is 3.63. The molecule has 0 atom stereocenters. The SMILES string of the molecule is O=[N+]([O-])c1cccc(CNc2cc(F)cc(F)c2F)c1Br. The maximum absolute atomic E-state index is 13.5. The van der Waals surface area contributed by atoms with Gasteiger partial charge in [-0.3, -0.25) is 10.1 Å². The van der Waals surface area contributed by atoms with E-state index in [-0.39, 0.29) is 22.4 Å². The summed E-state index contributed by atoms with van der Waals surface area (Å²) in [6.07, 6.45) is 0. The van der Waals surface area contributed by atoms with Crippen molar-refractivity contribution in [3.8, 4) is 0 Å². The molecule has 0 bridgehead atoms. The Balaban J connectivity index is 2.25. The lowest BCUT2D eigenvalue weighted by Gasteiger charge is -2.10. The molecule has 0 radical (unpaired) electrons. The maximum Gasteiger partial charge on any atom is 0.283 e. The third-order valence-electron chi connectivity index (χ3n) is 2.72. The molecule has 0 heterocycles. The van der Waals surface area contributed by atoms with Crippen LogP contribution in [0.15, 0.2) is 34.8 Å². The molecule has 0 saturated heterocycles. The molecule has 2 rings (SSSR count). The highest BCUT2D eigenvalue weighted by Gasteiger charge is 2.16. The van der Waals surface area contributed by atoms with Gasteiger partial charge in [0, 0.05) is 24.7 Å². The van der Waals surface area contributed by atoms with Crippen LogP contribution in [0.4, 0.5) is 24.5 Å². The lowest BCUT2D eigenvalue weighted by atomic mass is 10.2. The number of nitro benzene ring substituents is 1. The lowest BCUT2D eigenvalue weighted by Crippen LogP contribution is -2.05. The van der Waals surface area contributed by atoms with E-state index in [4.69, 9.17) is 0 Å². The van der Waals surface area contributed by atoms with Crippen molar-refractivity contribution >= 4 is 27.3 Å². The van der Waals surface area contributed by atoms with Crippen LogP contribution >= 0.6 is 15.9 Å². The number of hydrogen-bond donors (Lipinski definition) is 1. The molecule has 4 nitrogen and oxygen atoms in total. The molecular weight excluding hydrogens is 353 g/mol. The van der Waals surface area contributed by atoms with Crippen LogP contribution in [-0.4, -0.2) is 4.92 Å². The van der Waals surface area contributed by atoms with Crippen molar-refractivity contribution in [3.63, 3.8) is 0 Å². The molecule has 2 aromatic rings. The quantitative estimate of drug-likeness (QED) is 0.499. The molecule has 0 unspecified atom stereocenters. The number of nitro groups is 1. The zero-order chi connectivity index (χ0) is 15.6. The number of anilines is 1. The Morgan fingerprint density at radius 3 is 2.62 bits per heavy atom. The molecule has 110 valence electrons. The van der Waals surface area contributed by atoms with Crippen molar-refractivity contribution < 1.29 is 18.1 Å². The van der Waals surface area contributed by atoms with Crippen molar-refractivity contribution in [2.45, 2.75) is 6.54 Å². The van der Waals surface area contributed by atoms with E-state index in [1.54, 1.807) is 6.07 Å². The minimum atomic E-state index is -1.31. The van der Waals surface area contributed by atoms with Gasteiger partial charge in [0.25, 0.3) is 5.69 Å². The summed E-state index contributed by atoms with van der Waals surface area (Å²) in [6.45, 7) is -0.0396. The summed E-state index contributed by atoms with van der Waals surface area (Å²) >= 11 is 3.08. The zero-order valence-electron chi connectivity index (χ0n) is 10.4. The summed E-state index contributed by atoms with van der Waals surface area (Å²) in [4.78, 5) is 10.2. The summed E-state index contributed by atoms with van der Waals surface area (Å²) in [7, 11) is 0.